The number of likely N-dealkylation sites (tertiary alicyclic amines) is 1. The molecule has 1 amide bonds. The largest absolute Gasteiger partial charge is 0.325 e. The van der Waals surface area contributed by atoms with Gasteiger partial charge in [-0.1, -0.05) is 27.2 Å². The zero-order valence-electron chi connectivity index (χ0n) is 13.6. The second kappa shape index (κ2) is 6.90. The van der Waals surface area contributed by atoms with Gasteiger partial charge in [0.05, 0.1) is 12.2 Å². The van der Waals surface area contributed by atoms with E-state index in [1.165, 1.54) is 19.4 Å². The molecule has 116 valence electrons. The Balaban J connectivity index is 2.00. The fraction of sp³-hybridized carbons (Fsp3) is 0.938. The molecule has 0 bridgehead atoms. The van der Waals surface area contributed by atoms with Crippen molar-refractivity contribution in [3.05, 3.63) is 0 Å². The molecule has 0 aromatic carbocycles. The van der Waals surface area contributed by atoms with Crippen LogP contribution < -0.4 is 5.32 Å². The van der Waals surface area contributed by atoms with Crippen LogP contribution in [0.1, 0.15) is 46.5 Å². The van der Waals surface area contributed by atoms with E-state index in [2.05, 4.69) is 42.9 Å². The highest BCUT2D eigenvalue weighted by Crippen LogP contribution is 2.24. The standard InChI is InChI=1S/C16H31N3O/c1-5-7-14-17-15(12(2)3)16(20)19(14)11-13-8-6-9-18(4)10-13/h12-15,17H,5-11H2,1-4H3. The summed E-state index contributed by atoms with van der Waals surface area (Å²) in [6.07, 6.45) is 4.98. The Morgan fingerprint density at radius 1 is 1.40 bits per heavy atom. The Morgan fingerprint density at radius 2 is 2.15 bits per heavy atom. The van der Waals surface area contributed by atoms with Crippen LogP contribution in [0.5, 0.6) is 0 Å². The fourth-order valence-electron chi connectivity index (χ4n) is 3.61. The first-order valence-electron chi connectivity index (χ1n) is 8.28. The number of rotatable bonds is 5. The zero-order valence-corrected chi connectivity index (χ0v) is 13.6. The highest BCUT2D eigenvalue weighted by atomic mass is 16.2. The van der Waals surface area contributed by atoms with Gasteiger partial charge in [0, 0.05) is 13.1 Å². The van der Waals surface area contributed by atoms with Crippen molar-refractivity contribution in [2.24, 2.45) is 11.8 Å². The average Bonchev–Trinajstić information content (AvgIpc) is 2.68. The van der Waals surface area contributed by atoms with Crippen LogP contribution in [0, 0.1) is 11.8 Å². The molecule has 2 saturated heterocycles. The van der Waals surface area contributed by atoms with Crippen LogP contribution in [0.2, 0.25) is 0 Å². The van der Waals surface area contributed by atoms with Crippen LogP contribution in [-0.2, 0) is 4.79 Å². The number of nitrogens with zero attached hydrogens (tertiary/aromatic N) is 2. The van der Waals surface area contributed by atoms with E-state index >= 15 is 0 Å². The van der Waals surface area contributed by atoms with Gasteiger partial charge in [0.15, 0.2) is 0 Å². The summed E-state index contributed by atoms with van der Waals surface area (Å²) in [5.74, 6) is 1.34. The Kier molecular flexibility index (Phi) is 5.44. The predicted octanol–water partition coefficient (Wildman–Crippen LogP) is 1.91. The number of hydrogen-bond acceptors (Lipinski definition) is 3. The lowest BCUT2D eigenvalue weighted by Gasteiger charge is -2.34. The van der Waals surface area contributed by atoms with Crippen molar-refractivity contribution >= 4 is 5.91 Å². The quantitative estimate of drug-likeness (QED) is 0.836. The molecule has 20 heavy (non-hydrogen) atoms. The number of piperidine rings is 1. The van der Waals surface area contributed by atoms with Gasteiger partial charge in [-0.25, -0.2) is 0 Å². The van der Waals surface area contributed by atoms with Crippen LogP contribution >= 0.6 is 0 Å². The summed E-state index contributed by atoms with van der Waals surface area (Å²) in [6, 6.07) is 0.0212. The van der Waals surface area contributed by atoms with E-state index in [-0.39, 0.29) is 12.2 Å². The van der Waals surface area contributed by atoms with Crippen molar-refractivity contribution in [2.75, 3.05) is 26.7 Å². The summed E-state index contributed by atoms with van der Waals surface area (Å²) in [7, 11) is 2.19. The summed E-state index contributed by atoms with van der Waals surface area (Å²) < 4.78 is 0. The summed E-state index contributed by atoms with van der Waals surface area (Å²) in [5.41, 5.74) is 0. The van der Waals surface area contributed by atoms with E-state index in [1.807, 2.05) is 0 Å². The minimum Gasteiger partial charge on any atom is -0.325 e. The van der Waals surface area contributed by atoms with Gasteiger partial charge in [-0.05, 0) is 44.7 Å². The summed E-state index contributed by atoms with van der Waals surface area (Å²) >= 11 is 0. The molecule has 1 N–H and O–H groups in total. The zero-order chi connectivity index (χ0) is 14.7. The first kappa shape index (κ1) is 15.8. The van der Waals surface area contributed by atoms with Crippen LogP contribution in [-0.4, -0.2) is 54.6 Å². The Morgan fingerprint density at radius 3 is 2.75 bits per heavy atom. The van der Waals surface area contributed by atoms with Crippen molar-refractivity contribution in [1.29, 1.82) is 0 Å². The molecule has 0 aromatic heterocycles. The topological polar surface area (TPSA) is 35.6 Å². The molecule has 0 aliphatic carbocycles. The second-order valence-corrected chi connectivity index (χ2v) is 6.95. The number of hydrogen-bond donors (Lipinski definition) is 1. The Hall–Kier alpha value is -0.610. The molecule has 3 unspecified atom stereocenters. The lowest BCUT2D eigenvalue weighted by molar-refractivity contribution is -0.131. The molecule has 4 heteroatoms. The van der Waals surface area contributed by atoms with E-state index in [9.17, 15) is 4.79 Å². The van der Waals surface area contributed by atoms with Gasteiger partial charge in [-0.2, -0.15) is 0 Å². The van der Waals surface area contributed by atoms with Gasteiger partial charge in [-0.3, -0.25) is 10.1 Å². The third-order valence-electron chi connectivity index (χ3n) is 4.70. The van der Waals surface area contributed by atoms with Crippen LogP contribution in [0.25, 0.3) is 0 Å². The molecular formula is C16H31N3O. The number of amides is 1. The highest BCUT2D eigenvalue weighted by molar-refractivity contribution is 5.84. The molecular weight excluding hydrogens is 250 g/mol. The van der Waals surface area contributed by atoms with Crippen LogP contribution in [0.15, 0.2) is 0 Å². The summed E-state index contributed by atoms with van der Waals surface area (Å²) in [6.45, 7) is 9.74. The molecule has 0 aromatic rings. The van der Waals surface area contributed by atoms with E-state index in [1.54, 1.807) is 0 Å². The van der Waals surface area contributed by atoms with Gasteiger partial charge in [0.1, 0.15) is 0 Å². The molecule has 0 radical (unpaired) electrons. The molecule has 0 saturated carbocycles. The van der Waals surface area contributed by atoms with Crippen molar-refractivity contribution in [2.45, 2.75) is 58.7 Å². The van der Waals surface area contributed by atoms with E-state index < -0.39 is 0 Å². The number of carbonyl (C=O) groups excluding carboxylic acids is 1. The molecule has 2 fully saturated rings. The first-order valence-corrected chi connectivity index (χ1v) is 8.28. The van der Waals surface area contributed by atoms with Gasteiger partial charge < -0.3 is 9.80 Å². The van der Waals surface area contributed by atoms with E-state index in [0.29, 0.717) is 17.7 Å². The van der Waals surface area contributed by atoms with Gasteiger partial charge >= 0.3 is 0 Å². The van der Waals surface area contributed by atoms with Crippen molar-refractivity contribution in [3.8, 4) is 0 Å². The number of nitrogens with one attached hydrogen (secondary N) is 1. The lowest BCUT2D eigenvalue weighted by Crippen LogP contribution is -2.44. The van der Waals surface area contributed by atoms with Gasteiger partial charge in [0.2, 0.25) is 5.91 Å². The van der Waals surface area contributed by atoms with E-state index in [4.69, 9.17) is 0 Å². The van der Waals surface area contributed by atoms with Crippen LogP contribution in [0.4, 0.5) is 0 Å². The molecule has 0 spiro atoms. The smallest absolute Gasteiger partial charge is 0.241 e. The van der Waals surface area contributed by atoms with Crippen molar-refractivity contribution < 1.29 is 4.79 Å². The molecule has 2 aliphatic heterocycles. The maximum absolute atomic E-state index is 12.6. The SMILES string of the molecule is CCCC1NC(C(C)C)C(=O)N1CC1CCCN(C)C1. The molecule has 3 atom stereocenters. The summed E-state index contributed by atoms with van der Waals surface area (Å²) in [4.78, 5) is 17.2. The Labute approximate surface area is 123 Å². The average molecular weight is 281 g/mol. The monoisotopic (exact) mass is 281 g/mol. The molecule has 2 heterocycles. The van der Waals surface area contributed by atoms with Crippen molar-refractivity contribution in [1.82, 2.24) is 15.1 Å². The Bertz CT molecular complexity index is 332. The normalized spacial score (nSPS) is 32.4. The lowest BCUT2D eigenvalue weighted by atomic mass is 9.97. The highest BCUT2D eigenvalue weighted by Gasteiger charge is 2.40. The van der Waals surface area contributed by atoms with Crippen molar-refractivity contribution in [3.63, 3.8) is 0 Å². The maximum atomic E-state index is 12.6. The van der Waals surface area contributed by atoms with E-state index in [0.717, 1.165) is 25.9 Å². The minimum atomic E-state index is 0.0212. The third kappa shape index (κ3) is 3.53. The minimum absolute atomic E-state index is 0.0212. The molecule has 2 aliphatic rings. The summed E-state index contributed by atoms with van der Waals surface area (Å²) in [5, 5.41) is 3.55. The maximum Gasteiger partial charge on any atom is 0.241 e. The second-order valence-electron chi connectivity index (χ2n) is 6.95. The predicted molar refractivity (Wildman–Crippen MR) is 82.4 cm³/mol. The third-order valence-corrected chi connectivity index (χ3v) is 4.70. The van der Waals surface area contributed by atoms with Crippen LogP contribution in [0.3, 0.4) is 0 Å². The first-order chi connectivity index (χ1) is 9.52. The molecule has 2 rings (SSSR count). The fourth-order valence-corrected chi connectivity index (χ4v) is 3.61. The number of carbonyl (C=O) groups is 1. The van der Waals surface area contributed by atoms with Gasteiger partial charge in [-0.15, -0.1) is 0 Å². The van der Waals surface area contributed by atoms with Gasteiger partial charge in [0.25, 0.3) is 0 Å². The molecule has 4 nitrogen and oxygen atoms in total.